The Balaban J connectivity index is 1.53. The predicted molar refractivity (Wildman–Crippen MR) is 95.5 cm³/mol. The molecule has 0 saturated carbocycles. The molecule has 0 spiro atoms. The number of hydrogen-bond acceptors (Lipinski definition) is 7. The van der Waals surface area contributed by atoms with Gasteiger partial charge in [-0.15, -0.1) is 21.5 Å². The Hall–Kier alpha value is -0.960. The van der Waals surface area contributed by atoms with Gasteiger partial charge in [-0.3, -0.25) is 0 Å². The van der Waals surface area contributed by atoms with Crippen LogP contribution in [-0.4, -0.2) is 45.5 Å². The smallest absolute Gasteiger partial charge is 0.191 e. The summed E-state index contributed by atoms with van der Waals surface area (Å²) in [6, 6.07) is 0. The van der Waals surface area contributed by atoms with Crippen LogP contribution >= 0.6 is 23.1 Å². The molecule has 2 aliphatic heterocycles. The van der Waals surface area contributed by atoms with E-state index in [0.717, 1.165) is 74.4 Å². The summed E-state index contributed by atoms with van der Waals surface area (Å²) >= 11 is 3.37. The number of hydrogen-bond donors (Lipinski definition) is 1. The SMILES string of the molecule is c1nc(CSc2nnc(C3CCNCC3)n2C[C@@H]2CCCO2)cs1. The van der Waals surface area contributed by atoms with Gasteiger partial charge in [0.15, 0.2) is 5.16 Å². The van der Waals surface area contributed by atoms with Crippen molar-refractivity contribution >= 4 is 23.1 Å². The van der Waals surface area contributed by atoms with Crippen molar-refractivity contribution in [2.24, 2.45) is 0 Å². The summed E-state index contributed by atoms with van der Waals surface area (Å²) in [7, 11) is 0. The normalized spacial score (nSPS) is 22.2. The second-order valence-electron chi connectivity index (χ2n) is 6.38. The molecule has 2 aromatic heterocycles. The Kier molecular flexibility index (Phi) is 5.46. The van der Waals surface area contributed by atoms with Crippen molar-refractivity contribution < 1.29 is 4.74 Å². The highest BCUT2D eigenvalue weighted by Gasteiger charge is 2.26. The Bertz CT molecular complexity index is 633. The molecule has 2 aromatic rings. The largest absolute Gasteiger partial charge is 0.376 e. The number of thiazole rings is 1. The molecule has 6 nitrogen and oxygen atoms in total. The van der Waals surface area contributed by atoms with Crippen molar-refractivity contribution in [3.63, 3.8) is 0 Å². The van der Waals surface area contributed by atoms with E-state index in [1.807, 2.05) is 5.51 Å². The van der Waals surface area contributed by atoms with Gasteiger partial charge in [0.05, 0.1) is 23.9 Å². The van der Waals surface area contributed by atoms with Crippen LogP contribution in [0.4, 0.5) is 0 Å². The zero-order valence-corrected chi connectivity index (χ0v) is 15.3. The van der Waals surface area contributed by atoms with Crippen molar-refractivity contribution in [2.45, 2.75) is 55.2 Å². The number of ether oxygens (including phenoxy) is 1. The quantitative estimate of drug-likeness (QED) is 0.794. The molecule has 0 radical (unpaired) electrons. The lowest BCUT2D eigenvalue weighted by atomic mass is 9.97. The summed E-state index contributed by atoms with van der Waals surface area (Å²) in [6.07, 6.45) is 4.89. The standard InChI is InChI=1S/C16H23N5OS2/c1-2-14(22-7-1)8-21-15(12-3-5-17-6-4-12)19-20-16(21)24-10-13-9-23-11-18-13/h9,11-12,14,17H,1-8,10H2/t14-/m0/s1. The van der Waals surface area contributed by atoms with E-state index in [1.54, 1.807) is 23.1 Å². The first-order chi connectivity index (χ1) is 11.9. The van der Waals surface area contributed by atoms with Gasteiger partial charge in [0, 0.05) is 23.7 Å². The van der Waals surface area contributed by atoms with Gasteiger partial charge in [0.1, 0.15) is 5.82 Å². The first kappa shape index (κ1) is 16.5. The second-order valence-corrected chi connectivity index (χ2v) is 8.04. The molecule has 130 valence electrons. The molecule has 8 heteroatoms. The lowest BCUT2D eigenvalue weighted by Crippen LogP contribution is -2.29. The molecule has 0 unspecified atom stereocenters. The van der Waals surface area contributed by atoms with Crippen molar-refractivity contribution in [1.82, 2.24) is 25.1 Å². The van der Waals surface area contributed by atoms with Gasteiger partial charge in [-0.25, -0.2) is 4.98 Å². The highest BCUT2D eigenvalue weighted by molar-refractivity contribution is 7.98. The average molecular weight is 366 g/mol. The third-order valence-electron chi connectivity index (χ3n) is 4.69. The Labute approximate surface area is 150 Å². The molecule has 2 fully saturated rings. The maximum Gasteiger partial charge on any atom is 0.191 e. The number of rotatable bonds is 6. The van der Waals surface area contributed by atoms with Crippen LogP contribution in [-0.2, 0) is 17.0 Å². The fraction of sp³-hybridized carbons (Fsp3) is 0.688. The van der Waals surface area contributed by atoms with Gasteiger partial charge in [-0.05, 0) is 38.8 Å². The van der Waals surface area contributed by atoms with Crippen molar-refractivity contribution in [1.29, 1.82) is 0 Å². The Morgan fingerprint density at radius 3 is 2.96 bits per heavy atom. The van der Waals surface area contributed by atoms with E-state index in [-0.39, 0.29) is 0 Å². The van der Waals surface area contributed by atoms with Gasteiger partial charge >= 0.3 is 0 Å². The molecule has 1 N–H and O–H groups in total. The second kappa shape index (κ2) is 7.95. The van der Waals surface area contributed by atoms with E-state index >= 15 is 0 Å². The molecule has 4 rings (SSSR count). The maximum absolute atomic E-state index is 5.87. The molecule has 2 saturated heterocycles. The Morgan fingerprint density at radius 1 is 1.29 bits per heavy atom. The Morgan fingerprint density at radius 2 is 2.21 bits per heavy atom. The highest BCUT2D eigenvalue weighted by Crippen LogP contribution is 2.30. The van der Waals surface area contributed by atoms with Gasteiger partial charge < -0.3 is 14.6 Å². The lowest BCUT2D eigenvalue weighted by molar-refractivity contribution is 0.0936. The lowest BCUT2D eigenvalue weighted by Gasteiger charge is -2.23. The zero-order chi connectivity index (χ0) is 16.2. The molecule has 0 amide bonds. The minimum absolute atomic E-state index is 0.306. The summed E-state index contributed by atoms with van der Waals surface area (Å²) in [6.45, 7) is 3.90. The molecule has 0 aromatic carbocycles. The van der Waals surface area contributed by atoms with Crippen LogP contribution in [0.5, 0.6) is 0 Å². The van der Waals surface area contributed by atoms with E-state index in [0.29, 0.717) is 12.0 Å². The van der Waals surface area contributed by atoms with E-state index in [1.165, 1.54) is 0 Å². The van der Waals surface area contributed by atoms with Gasteiger partial charge in [-0.2, -0.15) is 0 Å². The van der Waals surface area contributed by atoms with Crippen LogP contribution in [0.1, 0.15) is 43.1 Å². The van der Waals surface area contributed by atoms with Crippen LogP contribution in [0.3, 0.4) is 0 Å². The predicted octanol–water partition coefficient (Wildman–Crippen LogP) is 2.67. The monoisotopic (exact) mass is 365 g/mol. The third kappa shape index (κ3) is 3.82. The molecular formula is C16H23N5OS2. The first-order valence-corrected chi connectivity index (χ1v) is 10.6. The maximum atomic E-state index is 5.87. The molecule has 4 heterocycles. The average Bonchev–Trinajstić information content (AvgIpc) is 3.37. The molecule has 24 heavy (non-hydrogen) atoms. The summed E-state index contributed by atoms with van der Waals surface area (Å²) in [5.41, 5.74) is 2.99. The van der Waals surface area contributed by atoms with Crippen molar-refractivity contribution in [3.05, 3.63) is 22.4 Å². The van der Waals surface area contributed by atoms with Gasteiger partial charge in [0.25, 0.3) is 0 Å². The van der Waals surface area contributed by atoms with Gasteiger partial charge in [-0.1, -0.05) is 11.8 Å². The summed E-state index contributed by atoms with van der Waals surface area (Å²) in [4.78, 5) is 4.37. The summed E-state index contributed by atoms with van der Waals surface area (Å²) < 4.78 is 8.19. The number of thioether (sulfide) groups is 1. The molecule has 0 bridgehead atoms. The van der Waals surface area contributed by atoms with E-state index < -0.39 is 0 Å². The number of nitrogens with zero attached hydrogens (tertiary/aromatic N) is 4. The first-order valence-electron chi connectivity index (χ1n) is 8.65. The highest BCUT2D eigenvalue weighted by atomic mass is 32.2. The minimum Gasteiger partial charge on any atom is -0.376 e. The van der Waals surface area contributed by atoms with Crippen LogP contribution in [0.2, 0.25) is 0 Å². The molecule has 1 atom stereocenters. The van der Waals surface area contributed by atoms with Crippen LogP contribution in [0, 0.1) is 0 Å². The number of aromatic nitrogens is 4. The van der Waals surface area contributed by atoms with Crippen LogP contribution in [0.15, 0.2) is 16.0 Å². The van der Waals surface area contributed by atoms with Crippen LogP contribution < -0.4 is 5.32 Å². The minimum atomic E-state index is 0.306. The van der Waals surface area contributed by atoms with E-state index in [9.17, 15) is 0 Å². The van der Waals surface area contributed by atoms with E-state index in [2.05, 4.69) is 30.4 Å². The molecular weight excluding hydrogens is 342 g/mol. The van der Waals surface area contributed by atoms with Crippen molar-refractivity contribution in [2.75, 3.05) is 19.7 Å². The molecule has 2 aliphatic rings. The third-order valence-corrected chi connectivity index (χ3v) is 6.33. The van der Waals surface area contributed by atoms with Crippen LogP contribution in [0.25, 0.3) is 0 Å². The fourth-order valence-corrected chi connectivity index (χ4v) is 4.92. The summed E-state index contributed by atoms with van der Waals surface area (Å²) in [5.74, 6) is 2.50. The zero-order valence-electron chi connectivity index (χ0n) is 13.7. The number of nitrogens with one attached hydrogen (secondary N) is 1. The fourth-order valence-electron chi connectivity index (χ4n) is 3.40. The summed E-state index contributed by atoms with van der Waals surface area (Å²) in [5, 5.41) is 15.6. The topological polar surface area (TPSA) is 64.9 Å². The number of piperidine rings is 1. The molecule has 0 aliphatic carbocycles. The van der Waals surface area contributed by atoms with E-state index in [4.69, 9.17) is 4.74 Å². The van der Waals surface area contributed by atoms with Crippen molar-refractivity contribution in [3.8, 4) is 0 Å². The van der Waals surface area contributed by atoms with Gasteiger partial charge in [0.2, 0.25) is 0 Å².